The monoisotopic (exact) mass is 445 g/mol. The van der Waals surface area contributed by atoms with Crippen molar-refractivity contribution >= 4 is 42.1 Å². The van der Waals surface area contributed by atoms with Gasteiger partial charge in [0.05, 0.1) is 5.01 Å². The molecule has 1 aromatic heterocycles. The van der Waals surface area contributed by atoms with E-state index in [1.54, 1.807) is 12.1 Å². The molecule has 2 aliphatic rings. The maximum absolute atomic E-state index is 13.0. The number of benzene rings is 1. The lowest BCUT2D eigenvalue weighted by molar-refractivity contribution is 0.0752. The molecule has 0 aliphatic heterocycles. The first-order chi connectivity index (χ1) is 12.6. The van der Waals surface area contributed by atoms with E-state index in [1.165, 1.54) is 29.9 Å². The number of aromatic nitrogens is 1. The van der Waals surface area contributed by atoms with Crippen LogP contribution in [0.15, 0.2) is 29.6 Å². The van der Waals surface area contributed by atoms with Crippen molar-refractivity contribution in [3.63, 3.8) is 0 Å². The minimum Gasteiger partial charge on any atom is -0.347 e. The Bertz CT molecular complexity index is 772. The van der Waals surface area contributed by atoms with Crippen molar-refractivity contribution in [2.45, 2.75) is 50.6 Å². The average Bonchev–Trinajstić information content (AvgIpc) is 3.06. The van der Waals surface area contributed by atoms with Crippen LogP contribution in [0.2, 0.25) is 0 Å². The zero-order chi connectivity index (χ0) is 18.1. The van der Waals surface area contributed by atoms with Crippen LogP contribution in [0.3, 0.4) is 0 Å². The Kier molecular flexibility index (Phi) is 8.25. The summed E-state index contributed by atoms with van der Waals surface area (Å²) < 4.78 is 13.0. The Morgan fingerprint density at radius 1 is 1.18 bits per heavy atom. The van der Waals surface area contributed by atoms with Crippen LogP contribution >= 0.6 is 36.2 Å². The fourth-order valence-corrected chi connectivity index (χ4v) is 5.33. The van der Waals surface area contributed by atoms with Crippen molar-refractivity contribution in [1.29, 1.82) is 0 Å². The number of thiazole rings is 1. The SMILES string of the molecule is Cl.Cl.NC1CC2CCCC(C1)C2NC(=O)c1csc(Cc2ccc(F)cc2)n1. The van der Waals surface area contributed by atoms with Crippen molar-refractivity contribution in [1.82, 2.24) is 10.3 Å². The van der Waals surface area contributed by atoms with Gasteiger partial charge in [0.1, 0.15) is 11.5 Å². The molecule has 1 amide bonds. The summed E-state index contributed by atoms with van der Waals surface area (Å²) in [6.07, 6.45) is 6.18. The molecule has 0 spiro atoms. The topological polar surface area (TPSA) is 68.0 Å². The number of fused-ring (bicyclic) bond motifs is 2. The highest BCUT2D eigenvalue weighted by atomic mass is 35.5. The fourth-order valence-electron chi connectivity index (χ4n) is 4.52. The summed E-state index contributed by atoms with van der Waals surface area (Å²) in [5.74, 6) is 0.673. The van der Waals surface area contributed by atoms with Gasteiger partial charge in [-0.3, -0.25) is 4.79 Å². The maximum Gasteiger partial charge on any atom is 0.270 e. The number of hydrogen-bond donors (Lipinski definition) is 2. The minimum absolute atomic E-state index is 0. The fraction of sp³-hybridized carbons (Fsp3) is 0.500. The van der Waals surface area contributed by atoms with Gasteiger partial charge >= 0.3 is 0 Å². The molecule has 2 bridgehead atoms. The molecule has 0 radical (unpaired) electrons. The lowest BCUT2D eigenvalue weighted by Gasteiger charge is -2.45. The van der Waals surface area contributed by atoms with Crippen LogP contribution in [-0.2, 0) is 6.42 Å². The molecule has 28 heavy (non-hydrogen) atoms. The molecule has 4 rings (SSSR count). The predicted octanol–water partition coefficient (Wildman–Crippen LogP) is 4.35. The highest BCUT2D eigenvalue weighted by molar-refractivity contribution is 7.09. The van der Waals surface area contributed by atoms with E-state index < -0.39 is 0 Å². The Hall–Kier alpha value is -1.21. The molecule has 3 N–H and O–H groups in total. The second kappa shape index (κ2) is 10.0. The van der Waals surface area contributed by atoms with E-state index in [0.717, 1.165) is 36.3 Å². The standard InChI is InChI=1S/C20H24FN3OS.2ClH/c21-15-6-4-12(5-7-15)8-18-23-17(11-26-18)20(25)24-19-13-2-1-3-14(19)10-16(22)9-13;;/h4-7,11,13-14,16,19H,1-3,8-10,22H2,(H,24,25);2*1H. The third kappa shape index (κ3) is 5.23. The molecule has 2 saturated carbocycles. The van der Waals surface area contributed by atoms with Gasteiger partial charge in [-0.2, -0.15) is 0 Å². The number of carbonyl (C=O) groups excluding carboxylic acids is 1. The van der Waals surface area contributed by atoms with Crippen LogP contribution in [-0.4, -0.2) is 23.0 Å². The van der Waals surface area contributed by atoms with Crippen molar-refractivity contribution < 1.29 is 9.18 Å². The van der Waals surface area contributed by atoms with Gasteiger partial charge in [0, 0.05) is 23.9 Å². The summed E-state index contributed by atoms with van der Waals surface area (Å²) in [4.78, 5) is 17.2. The normalized spacial score (nSPS) is 25.9. The number of rotatable bonds is 4. The smallest absolute Gasteiger partial charge is 0.270 e. The van der Waals surface area contributed by atoms with Gasteiger partial charge in [-0.1, -0.05) is 18.6 Å². The van der Waals surface area contributed by atoms with Crippen LogP contribution in [0.5, 0.6) is 0 Å². The summed E-state index contributed by atoms with van der Waals surface area (Å²) in [5, 5.41) is 5.93. The molecule has 154 valence electrons. The minimum atomic E-state index is -0.245. The van der Waals surface area contributed by atoms with Crippen LogP contribution in [0, 0.1) is 17.7 Å². The van der Waals surface area contributed by atoms with Gasteiger partial charge in [-0.15, -0.1) is 36.2 Å². The molecule has 2 aliphatic carbocycles. The van der Waals surface area contributed by atoms with Gasteiger partial charge in [0.25, 0.3) is 5.91 Å². The third-order valence-electron chi connectivity index (χ3n) is 5.73. The van der Waals surface area contributed by atoms with Crippen LogP contribution in [0.1, 0.15) is 53.2 Å². The quantitative estimate of drug-likeness (QED) is 0.734. The lowest BCUT2D eigenvalue weighted by Crippen LogP contribution is -2.53. The highest BCUT2D eigenvalue weighted by Crippen LogP contribution is 2.39. The molecule has 1 aromatic carbocycles. The molecule has 2 aromatic rings. The number of carbonyl (C=O) groups is 1. The first-order valence-corrected chi connectivity index (χ1v) is 10.2. The Morgan fingerprint density at radius 3 is 2.46 bits per heavy atom. The van der Waals surface area contributed by atoms with Crippen LogP contribution in [0.25, 0.3) is 0 Å². The number of nitrogens with two attached hydrogens (primary N) is 1. The van der Waals surface area contributed by atoms with Gasteiger partial charge in [0.2, 0.25) is 0 Å². The van der Waals surface area contributed by atoms with Gasteiger partial charge in [-0.05, 0) is 55.2 Å². The lowest BCUT2D eigenvalue weighted by atomic mass is 9.67. The van der Waals surface area contributed by atoms with Crippen molar-refractivity contribution in [2.75, 3.05) is 0 Å². The molecular weight excluding hydrogens is 420 g/mol. The van der Waals surface area contributed by atoms with E-state index in [1.807, 2.05) is 5.38 Å². The molecule has 2 fully saturated rings. The molecule has 2 atom stereocenters. The van der Waals surface area contributed by atoms with Crippen molar-refractivity contribution in [3.8, 4) is 0 Å². The van der Waals surface area contributed by atoms with E-state index in [0.29, 0.717) is 24.0 Å². The van der Waals surface area contributed by atoms with E-state index in [-0.39, 0.29) is 48.6 Å². The van der Waals surface area contributed by atoms with Crippen molar-refractivity contribution in [3.05, 3.63) is 51.7 Å². The molecule has 8 heteroatoms. The van der Waals surface area contributed by atoms with E-state index in [9.17, 15) is 9.18 Å². The Labute approximate surface area is 181 Å². The van der Waals surface area contributed by atoms with Gasteiger partial charge in [0.15, 0.2) is 0 Å². The summed E-state index contributed by atoms with van der Waals surface area (Å²) >= 11 is 1.47. The van der Waals surface area contributed by atoms with Crippen LogP contribution in [0.4, 0.5) is 4.39 Å². The second-order valence-electron chi connectivity index (χ2n) is 7.61. The maximum atomic E-state index is 13.0. The number of hydrogen-bond acceptors (Lipinski definition) is 4. The number of nitrogens with zero attached hydrogens (tertiary/aromatic N) is 1. The van der Waals surface area contributed by atoms with Crippen LogP contribution < -0.4 is 11.1 Å². The van der Waals surface area contributed by atoms with E-state index >= 15 is 0 Å². The summed E-state index contributed by atoms with van der Waals surface area (Å²) in [6, 6.07) is 6.91. The van der Waals surface area contributed by atoms with Crippen molar-refractivity contribution in [2.24, 2.45) is 17.6 Å². The first kappa shape index (κ1) is 23.1. The summed E-state index contributed by atoms with van der Waals surface area (Å²) in [6.45, 7) is 0. The summed E-state index contributed by atoms with van der Waals surface area (Å²) in [7, 11) is 0. The summed E-state index contributed by atoms with van der Waals surface area (Å²) in [5.41, 5.74) is 7.64. The third-order valence-corrected chi connectivity index (χ3v) is 6.58. The highest BCUT2D eigenvalue weighted by Gasteiger charge is 2.40. The number of halogens is 3. The average molecular weight is 446 g/mol. The molecule has 1 heterocycles. The molecular formula is C20H26Cl2FN3OS. The molecule has 4 nitrogen and oxygen atoms in total. The number of nitrogens with one attached hydrogen (secondary N) is 1. The van der Waals surface area contributed by atoms with Gasteiger partial charge in [-0.25, -0.2) is 9.37 Å². The number of amides is 1. The Morgan fingerprint density at radius 2 is 1.82 bits per heavy atom. The zero-order valence-corrected chi connectivity index (χ0v) is 17.9. The zero-order valence-electron chi connectivity index (χ0n) is 15.5. The largest absolute Gasteiger partial charge is 0.347 e. The molecule has 2 unspecified atom stereocenters. The first-order valence-electron chi connectivity index (χ1n) is 9.34. The Balaban J connectivity index is 0.00000140. The predicted molar refractivity (Wildman–Crippen MR) is 115 cm³/mol. The van der Waals surface area contributed by atoms with E-state index in [4.69, 9.17) is 5.73 Å². The van der Waals surface area contributed by atoms with Gasteiger partial charge < -0.3 is 11.1 Å². The molecule has 0 saturated heterocycles. The second-order valence-corrected chi connectivity index (χ2v) is 8.55. The van der Waals surface area contributed by atoms with E-state index in [2.05, 4.69) is 10.3 Å².